The van der Waals surface area contributed by atoms with Crippen molar-refractivity contribution in [1.29, 1.82) is 0 Å². The summed E-state index contributed by atoms with van der Waals surface area (Å²) >= 11 is 0. The van der Waals surface area contributed by atoms with Gasteiger partial charge < -0.3 is 10.0 Å². The van der Waals surface area contributed by atoms with Gasteiger partial charge in [-0.15, -0.1) is 0 Å². The number of carbonyl (C=O) groups excluding carboxylic acids is 1. The Kier molecular flexibility index (Phi) is 3.47. The van der Waals surface area contributed by atoms with Crippen molar-refractivity contribution in [2.24, 2.45) is 13.0 Å². The zero-order valence-electron chi connectivity index (χ0n) is 10.3. The molecule has 0 spiro atoms. The van der Waals surface area contributed by atoms with Crippen molar-refractivity contribution in [3.8, 4) is 0 Å². The second-order valence-electron chi connectivity index (χ2n) is 4.62. The summed E-state index contributed by atoms with van der Waals surface area (Å²) in [6.07, 6.45) is 2.93. The van der Waals surface area contributed by atoms with Crippen LogP contribution in [-0.2, 0) is 7.05 Å². The van der Waals surface area contributed by atoms with Gasteiger partial charge in [-0.25, -0.2) is 0 Å². The molecule has 1 N–H and O–H groups in total. The molecule has 17 heavy (non-hydrogen) atoms. The first-order chi connectivity index (χ1) is 8.13. The minimum Gasteiger partial charge on any atom is -0.393 e. The molecule has 2 unspecified atom stereocenters. The maximum absolute atomic E-state index is 12.2. The zero-order valence-corrected chi connectivity index (χ0v) is 10.3. The normalized spacial score (nSPS) is 25.0. The molecule has 1 aliphatic heterocycles. The molecule has 0 radical (unpaired) electrons. The molecule has 5 heteroatoms. The number of hydrogen-bond donors (Lipinski definition) is 1. The fourth-order valence-corrected chi connectivity index (χ4v) is 2.35. The molecular weight excluding hydrogens is 218 g/mol. The van der Waals surface area contributed by atoms with Crippen LogP contribution < -0.4 is 0 Å². The number of piperidine rings is 1. The van der Waals surface area contributed by atoms with Gasteiger partial charge in [0.25, 0.3) is 5.91 Å². The van der Waals surface area contributed by atoms with Crippen molar-refractivity contribution < 1.29 is 9.90 Å². The lowest BCUT2D eigenvalue weighted by atomic mass is 9.92. The zero-order chi connectivity index (χ0) is 12.4. The van der Waals surface area contributed by atoms with Crippen LogP contribution in [0.4, 0.5) is 0 Å². The summed E-state index contributed by atoms with van der Waals surface area (Å²) in [4.78, 5) is 14.1. The number of amides is 1. The summed E-state index contributed by atoms with van der Waals surface area (Å²) < 4.78 is 1.59. The van der Waals surface area contributed by atoms with Crippen molar-refractivity contribution in [3.63, 3.8) is 0 Å². The van der Waals surface area contributed by atoms with Gasteiger partial charge >= 0.3 is 0 Å². The number of carbonyl (C=O) groups is 1. The van der Waals surface area contributed by atoms with Crippen molar-refractivity contribution in [1.82, 2.24) is 14.7 Å². The Bertz CT molecular complexity index is 402. The molecule has 1 saturated heterocycles. The predicted molar refractivity (Wildman–Crippen MR) is 63.5 cm³/mol. The van der Waals surface area contributed by atoms with Gasteiger partial charge in [-0.1, -0.05) is 6.92 Å². The Morgan fingerprint density at radius 3 is 3.00 bits per heavy atom. The van der Waals surface area contributed by atoms with Gasteiger partial charge in [0.05, 0.1) is 6.10 Å². The molecule has 0 aromatic carbocycles. The van der Waals surface area contributed by atoms with Gasteiger partial charge in [0, 0.05) is 32.3 Å². The molecule has 5 nitrogen and oxygen atoms in total. The highest BCUT2D eigenvalue weighted by molar-refractivity contribution is 5.92. The van der Waals surface area contributed by atoms with E-state index in [4.69, 9.17) is 0 Å². The fourth-order valence-electron chi connectivity index (χ4n) is 2.35. The molecule has 94 valence electrons. The van der Waals surface area contributed by atoms with Crippen LogP contribution in [0.1, 0.15) is 30.3 Å². The van der Waals surface area contributed by atoms with Crippen LogP contribution in [0.5, 0.6) is 0 Å². The molecule has 0 aliphatic carbocycles. The number of aliphatic hydroxyl groups excluding tert-OH is 1. The maximum Gasteiger partial charge on any atom is 0.272 e. The van der Waals surface area contributed by atoms with E-state index in [1.54, 1.807) is 24.0 Å². The highest BCUT2D eigenvalue weighted by Gasteiger charge is 2.30. The van der Waals surface area contributed by atoms with E-state index in [9.17, 15) is 9.90 Å². The van der Waals surface area contributed by atoms with Gasteiger partial charge in [0.1, 0.15) is 5.69 Å². The second kappa shape index (κ2) is 4.87. The summed E-state index contributed by atoms with van der Waals surface area (Å²) in [5.41, 5.74) is 0.608. The first kappa shape index (κ1) is 12.1. The lowest BCUT2D eigenvalue weighted by Gasteiger charge is -2.35. The Morgan fingerprint density at radius 2 is 2.41 bits per heavy atom. The van der Waals surface area contributed by atoms with Gasteiger partial charge in [-0.3, -0.25) is 9.48 Å². The Morgan fingerprint density at radius 1 is 1.65 bits per heavy atom. The Balaban J connectivity index is 2.09. The Labute approximate surface area is 101 Å². The third-order valence-electron chi connectivity index (χ3n) is 3.55. The fraction of sp³-hybridized carbons (Fsp3) is 0.667. The van der Waals surface area contributed by atoms with Gasteiger partial charge in [-0.2, -0.15) is 5.10 Å². The largest absolute Gasteiger partial charge is 0.393 e. The molecular formula is C12H19N3O2. The van der Waals surface area contributed by atoms with E-state index in [-0.39, 0.29) is 17.9 Å². The third-order valence-corrected chi connectivity index (χ3v) is 3.55. The second-order valence-corrected chi connectivity index (χ2v) is 4.62. The molecule has 2 atom stereocenters. The van der Waals surface area contributed by atoms with E-state index in [2.05, 4.69) is 5.10 Å². The van der Waals surface area contributed by atoms with E-state index in [1.807, 2.05) is 11.8 Å². The molecule has 0 bridgehead atoms. The number of aromatic nitrogens is 2. The van der Waals surface area contributed by atoms with E-state index in [1.165, 1.54) is 0 Å². The summed E-state index contributed by atoms with van der Waals surface area (Å²) in [7, 11) is 1.77. The van der Waals surface area contributed by atoms with E-state index >= 15 is 0 Å². The summed E-state index contributed by atoms with van der Waals surface area (Å²) in [6.45, 7) is 3.31. The maximum atomic E-state index is 12.2. The van der Waals surface area contributed by atoms with Crippen molar-refractivity contribution >= 4 is 5.91 Å². The smallest absolute Gasteiger partial charge is 0.272 e. The Hall–Kier alpha value is -1.36. The van der Waals surface area contributed by atoms with Crippen LogP contribution in [-0.4, -0.2) is 44.9 Å². The first-order valence-electron chi connectivity index (χ1n) is 6.08. The lowest BCUT2D eigenvalue weighted by Crippen LogP contribution is -2.46. The van der Waals surface area contributed by atoms with Crippen molar-refractivity contribution in [3.05, 3.63) is 18.0 Å². The third kappa shape index (κ3) is 2.34. The molecule has 1 aromatic rings. The van der Waals surface area contributed by atoms with E-state index in [0.29, 0.717) is 25.2 Å². The quantitative estimate of drug-likeness (QED) is 0.821. The van der Waals surface area contributed by atoms with Crippen LogP contribution in [0, 0.1) is 5.92 Å². The van der Waals surface area contributed by atoms with Gasteiger partial charge in [0.2, 0.25) is 0 Å². The molecule has 2 rings (SSSR count). The van der Waals surface area contributed by atoms with Crippen molar-refractivity contribution in [2.45, 2.75) is 25.9 Å². The number of nitrogens with zero attached hydrogens (tertiary/aromatic N) is 3. The average Bonchev–Trinajstić information content (AvgIpc) is 2.75. The highest BCUT2D eigenvalue weighted by atomic mass is 16.3. The predicted octanol–water partition coefficient (Wildman–Crippen LogP) is 0.653. The van der Waals surface area contributed by atoms with Crippen LogP contribution in [0.3, 0.4) is 0 Å². The van der Waals surface area contributed by atoms with Crippen LogP contribution in [0.2, 0.25) is 0 Å². The highest BCUT2D eigenvalue weighted by Crippen LogP contribution is 2.21. The number of aliphatic hydroxyl groups is 1. The molecule has 1 aliphatic rings. The minimum absolute atomic E-state index is 0.00958. The van der Waals surface area contributed by atoms with Crippen LogP contribution in [0.15, 0.2) is 12.3 Å². The lowest BCUT2D eigenvalue weighted by molar-refractivity contribution is 0.0223. The molecule has 0 saturated carbocycles. The summed E-state index contributed by atoms with van der Waals surface area (Å²) in [5.74, 6) is 0.205. The minimum atomic E-state index is -0.268. The van der Waals surface area contributed by atoms with Gasteiger partial charge in [0.15, 0.2) is 0 Å². The average molecular weight is 237 g/mol. The first-order valence-corrected chi connectivity index (χ1v) is 6.08. The number of hydrogen-bond acceptors (Lipinski definition) is 3. The van der Waals surface area contributed by atoms with E-state index < -0.39 is 0 Å². The van der Waals surface area contributed by atoms with Crippen LogP contribution in [0.25, 0.3) is 0 Å². The standard InChI is InChI=1S/C12H19N3O2/c1-3-9-8-15(7-5-11(9)16)12(17)10-4-6-13-14(10)2/h4,6,9,11,16H,3,5,7-8H2,1-2H3. The van der Waals surface area contributed by atoms with Crippen molar-refractivity contribution in [2.75, 3.05) is 13.1 Å². The van der Waals surface area contributed by atoms with E-state index in [0.717, 1.165) is 6.42 Å². The van der Waals surface area contributed by atoms with Gasteiger partial charge in [-0.05, 0) is 18.9 Å². The molecule has 1 amide bonds. The number of likely N-dealkylation sites (tertiary alicyclic amines) is 1. The summed E-state index contributed by atoms with van der Waals surface area (Å²) in [5, 5.41) is 13.8. The number of rotatable bonds is 2. The monoisotopic (exact) mass is 237 g/mol. The topological polar surface area (TPSA) is 58.4 Å². The molecule has 1 aromatic heterocycles. The molecule has 1 fully saturated rings. The number of aryl methyl sites for hydroxylation is 1. The summed E-state index contributed by atoms with van der Waals surface area (Å²) in [6, 6.07) is 1.73. The molecule has 2 heterocycles. The van der Waals surface area contributed by atoms with Crippen LogP contribution >= 0.6 is 0 Å². The SMILES string of the molecule is CCC1CN(C(=O)c2ccnn2C)CCC1O.